The van der Waals surface area contributed by atoms with E-state index in [-0.39, 0.29) is 5.78 Å². The quantitative estimate of drug-likeness (QED) is 0.437. The lowest BCUT2D eigenvalue weighted by atomic mass is 9.97. The van der Waals surface area contributed by atoms with Gasteiger partial charge in [-0.15, -0.1) is 0 Å². The van der Waals surface area contributed by atoms with Crippen molar-refractivity contribution in [3.8, 4) is 11.1 Å². The summed E-state index contributed by atoms with van der Waals surface area (Å²) in [5.74, 6) is 0.605. The zero-order valence-corrected chi connectivity index (χ0v) is 14.3. The van der Waals surface area contributed by atoms with E-state index in [1.165, 1.54) is 0 Å². The maximum absolute atomic E-state index is 11.9. The molecule has 0 amide bonds. The minimum Gasteiger partial charge on any atom is -0.437 e. The molecule has 4 rings (SSSR count). The molecule has 0 aliphatic heterocycles. The van der Waals surface area contributed by atoms with E-state index in [9.17, 15) is 4.79 Å². The van der Waals surface area contributed by atoms with Gasteiger partial charge < -0.3 is 4.42 Å². The molecular weight excluding hydrogens is 322 g/mol. The van der Waals surface area contributed by atoms with E-state index in [1.54, 1.807) is 6.92 Å². The van der Waals surface area contributed by atoms with Gasteiger partial charge in [-0.2, -0.15) is 0 Å². The molecule has 0 aliphatic carbocycles. The summed E-state index contributed by atoms with van der Waals surface area (Å²) in [5, 5.41) is 0. The Morgan fingerprint density at radius 3 is 2.50 bits per heavy atom. The smallest absolute Gasteiger partial charge is 0.220 e. The summed E-state index contributed by atoms with van der Waals surface area (Å²) in [5.41, 5.74) is 5.15. The molecule has 0 unspecified atom stereocenters. The molecule has 3 aromatic carbocycles. The first-order valence-corrected chi connectivity index (χ1v) is 8.45. The first kappa shape index (κ1) is 16.0. The number of hydrogen-bond acceptors (Lipinski definition) is 3. The number of hydrogen-bond donors (Lipinski definition) is 0. The van der Waals surface area contributed by atoms with Crippen LogP contribution in [0, 0.1) is 0 Å². The molecule has 1 heterocycles. The topological polar surface area (TPSA) is 43.1 Å². The molecule has 0 spiro atoms. The molecule has 1 aromatic heterocycles. The second-order valence-corrected chi connectivity index (χ2v) is 6.08. The number of carbonyl (C=O) groups excluding carboxylic acids is 1. The average Bonchev–Trinajstić information content (AvgIpc) is 3.09. The first-order valence-electron chi connectivity index (χ1n) is 8.45. The predicted molar refractivity (Wildman–Crippen MR) is 105 cm³/mol. The molecule has 0 atom stereocenters. The molecule has 3 nitrogen and oxygen atoms in total. The fourth-order valence-electron chi connectivity index (χ4n) is 2.96. The number of benzene rings is 3. The van der Waals surface area contributed by atoms with Crippen molar-refractivity contribution in [1.82, 2.24) is 4.98 Å². The normalized spacial score (nSPS) is 11.3. The first-order chi connectivity index (χ1) is 12.7. The van der Waals surface area contributed by atoms with Crippen LogP contribution in [0.25, 0.3) is 34.4 Å². The second kappa shape index (κ2) is 6.81. The lowest BCUT2D eigenvalue weighted by molar-refractivity contribution is 0.101. The van der Waals surface area contributed by atoms with Gasteiger partial charge >= 0.3 is 0 Å². The lowest BCUT2D eigenvalue weighted by Gasteiger charge is -2.06. The summed E-state index contributed by atoms with van der Waals surface area (Å²) in [6, 6.07) is 23.4. The van der Waals surface area contributed by atoms with Gasteiger partial charge in [-0.1, -0.05) is 60.7 Å². The number of rotatable bonds is 4. The van der Waals surface area contributed by atoms with Gasteiger partial charge in [-0.05, 0) is 41.8 Å². The van der Waals surface area contributed by atoms with Gasteiger partial charge in [-0.3, -0.25) is 4.79 Å². The third kappa shape index (κ3) is 3.20. The maximum Gasteiger partial charge on any atom is 0.220 e. The van der Waals surface area contributed by atoms with Gasteiger partial charge in [0, 0.05) is 11.6 Å². The van der Waals surface area contributed by atoms with Crippen molar-refractivity contribution in [2.75, 3.05) is 0 Å². The van der Waals surface area contributed by atoms with Crippen molar-refractivity contribution in [2.24, 2.45) is 0 Å². The highest BCUT2D eigenvalue weighted by atomic mass is 16.3. The largest absolute Gasteiger partial charge is 0.437 e. The molecule has 0 saturated carbocycles. The minimum atomic E-state index is 0.0485. The maximum atomic E-state index is 11.9. The van der Waals surface area contributed by atoms with Crippen LogP contribution in [0.1, 0.15) is 28.7 Å². The molecular formula is C23H17NO2. The number of oxazole rings is 1. The van der Waals surface area contributed by atoms with Gasteiger partial charge in [0.2, 0.25) is 5.89 Å². The molecule has 4 aromatic rings. The highest BCUT2D eigenvalue weighted by Crippen LogP contribution is 2.28. The summed E-state index contributed by atoms with van der Waals surface area (Å²) in [6.07, 6.45) is 3.83. The Morgan fingerprint density at radius 1 is 0.923 bits per heavy atom. The molecule has 0 bridgehead atoms. The Labute approximate surface area is 151 Å². The Hall–Kier alpha value is -3.46. The SMILES string of the molecule is CC(=O)c1ccccc1-c1ccc2oc(C=Cc3ccccc3)nc2c1. The summed E-state index contributed by atoms with van der Waals surface area (Å²) in [7, 11) is 0. The molecule has 126 valence electrons. The van der Waals surface area contributed by atoms with E-state index in [0.29, 0.717) is 11.5 Å². The number of Topliss-reactive ketones (excluding diaryl/α,β-unsaturated/α-hetero) is 1. The molecule has 0 N–H and O–H groups in total. The Bertz CT molecular complexity index is 1110. The van der Waals surface area contributed by atoms with Crippen molar-refractivity contribution in [3.05, 3.63) is 89.8 Å². The summed E-state index contributed by atoms with van der Waals surface area (Å²) >= 11 is 0. The fraction of sp³-hybridized carbons (Fsp3) is 0.0435. The molecule has 0 fully saturated rings. The van der Waals surface area contributed by atoms with Crippen LogP contribution in [-0.2, 0) is 0 Å². The van der Waals surface area contributed by atoms with E-state index >= 15 is 0 Å². The highest BCUT2D eigenvalue weighted by Gasteiger charge is 2.11. The molecule has 0 aliphatic rings. The predicted octanol–water partition coefficient (Wildman–Crippen LogP) is 5.87. The monoisotopic (exact) mass is 339 g/mol. The zero-order valence-electron chi connectivity index (χ0n) is 14.3. The van der Waals surface area contributed by atoms with Crippen LogP contribution in [0.4, 0.5) is 0 Å². The molecule has 26 heavy (non-hydrogen) atoms. The average molecular weight is 339 g/mol. The van der Waals surface area contributed by atoms with Crippen molar-refractivity contribution >= 4 is 29.0 Å². The van der Waals surface area contributed by atoms with Crippen molar-refractivity contribution < 1.29 is 9.21 Å². The van der Waals surface area contributed by atoms with Crippen LogP contribution in [0.5, 0.6) is 0 Å². The Balaban J connectivity index is 1.71. The van der Waals surface area contributed by atoms with Crippen molar-refractivity contribution in [2.45, 2.75) is 6.92 Å². The van der Waals surface area contributed by atoms with Crippen LogP contribution < -0.4 is 0 Å². The number of nitrogens with zero attached hydrogens (tertiary/aromatic N) is 1. The Morgan fingerprint density at radius 2 is 1.69 bits per heavy atom. The van der Waals surface area contributed by atoms with Crippen LogP contribution in [0.3, 0.4) is 0 Å². The van der Waals surface area contributed by atoms with Crippen molar-refractivity contribution in [3.63, 3.8) is 0 Å². The van der Waals surface area contributed by atoms with Crippen LogP contribution in [0.15, 0.2) is 77.2 Å². The fourth-order valence-corrected chi connectivity index (χ4v) is 2.96. The van der Waals surface area contributed by atoms with Gasteiger partial charge in [-0.25, -0.2) is 4.98 Å². The summed E-state index contributed by atoms with van der Waals surface area (Å²) in [6.45, 7) is 1.58. The summed E-state index contributed by atoms with van der Waals surface area (Å²) < 4.78 is 5.79. The zero-order chi connectivity index (χ0) is 17.9. The Kier molecular flexibility index (Phi) is 4.20. The summed E-state index contributed by atoms with van der Waals surface area (Å²) in [4.78, 5) is 16.4. The van der Waals surface area contributed by atoms with Gasteiger partial charge in [0.25, 0.3) is 0 Å². The van der Waals surface area contributed by atoms with Gasteiger partial charge in [0.05, 0.1) is 0 Å². The van der Waals surface area contributed by atoms with Crippen LogP contribution in [-0.4, -0.2) is 10.8 Å². The van der Waals surface area contributed by atoms with E-state index in [4.69, 9.17) is 4.42 Å². The minimum absolute atomic E-state index is 0.0485. The number of fused-ring (bicyclic) bond motifs is 1. The molecule has 0 saturated heterocycles. The molecule has 3 heteroatoms. The van der Waals surface area contributed by atoms with Gasteiger partial charge in [0.1, 0.15) is 5.52 Å². The van der Waals surface area contributed by atoms with E-state index in [0.717, 1.165) is 27.8 Å². The number of aromatic nitrogens is 1. The third-order valence-corrected chi connectivity index (χ3v) is 4.24. The standard InChI is InChI=1S/C23H17NO2/c1-16(25)19-9-5-6-10-20(19)18-12-13-22-21(15-18)24-23(26-22)14-11-17-7-3-2-4-8-17/h2-15H,1H3. The number of ketones is 1. The van der Waals surface area contributed by atoms with Gasteiger partial charge in [0.15, 0.2) is 11.4 Å². The third-order valence-electron chi connectivity index (χ3n) is 4.24. The van der Waals surface area contributed by atoms with E-state index in [1.807, 2.05) is 84.9 Å². The van der Waals surface area contributed by atoms with Crippen molar-refractivity contribution in [1.29, 1.82) is 0 Å². The van der Waals surface area contributed by atoms with Crippen LogP contribution >= 0.6 is 0 Å². The van der Waals surface area contributed by atoms with E-state index < -0.39 is 0 Å². The highest BCUT2D eigenvalue weighted by molar-refractivity contribution is 6.01. The molecule has 0 radical (unpaired) electrons. The lowest BCUT2D eigenvalue weighted by Crippen LogP contribution is -1.95. The van der Waals surface area contributed by atoms with E-state index in [2.05, 4.69) is 4.98 Å². The second-order valence-electron chi connectivity index (χ2n) is 6.08. The van der Waals surface area contributed by atoms with Crippen LogP contribution in [0.2, 0.25) is 0 Å². The number of carbonyl (C=O) groups is 1.